The summed E-state index contributed by atoms with van der Waals surface area (Å²) in [5.74, 6) is 0. The number of hydrogen-bond acceptors (Lipinski definition) is 2. The van der Waals surface area contributed by atoms with Gasteiger partial charge in [0.25, 0.3) is 0 Å². The third-order valence-corrected chi connectivity index (χ3v) is 2.97. The molecule has 2 heteroatoms. The molecular formula is C14H17NO. The molecule has 0 aliphatic carbocycles. The molecule has 84 valence electrons. The fraction of sp³-hybridized carbons (Fsp3) is 0.357. The molecular weight excluding hydrogens is 198 g/mol. The molecule has 0 spiro atoms. The van der Waals surface area contributed by atoms with Crippen LogP contribution in [0.1, 0.15) is 12.0 Å². The van der Waals surface area contributed by atoms with E-state index in [9.17, 15) is 4.79 Å². The Labute approximate surface area is 96.6 Å². The van der Waals surface area contributed by atoms with E-state index in [1.165, 1.54) is 5.56 Å². The number of aldehydes is 1. The molecule has 0 fully saturated rings. The van der Waals surface area contributed by atoms with Crippen LogP contribution < -0.4 is 0 Å². The highest BCUT2D eigenvalue weighted by molar-refractivity contribution is 5.73. The number of carbonyl (C=O) groups excluding carboxylic acids is 1. The topological polar surface area (TPSA) is 20.3 Å². The Balaban J connectivity index is 1.83. The lowest BCUT2D eigenvalue weighted by Gasteiger charge is -2.25. The van der Waals surface area contributed by atoms with E-state index in [1.807, 2.05) is 12.1 Å². The summed E-state index contributed by atoms with van der Waals surface area (Å²) in [6.07, 6.45) is 5.09. The Hall–Kier alpha value is -1.41. The van der Waals surface area contributed by atoms with E-state index in [4.69, 9.17) is 0 Å². The van der Waals surface area contributed by atoms with Crippen LogP contribution in [0.25, 0.3) is 0 Å². The Morgan fingerprint density at radius 2 is 2.06 bits per heavy atom. The average molecular weight is 215 g/mol. The van der Waals surface area contributed by atoms with Gasteiger partial charge in [-0.2, -0.15) is 0 Å². The Morgan fingerprint density at radius 3 is 2.81 bits per heavy atom. The first kappa shape index (κ1) is 11.1. The van der Waals surface area contributed by atoms with Crippen LogP contribution in [0, 0.1) is 0 Å². The van der Waals surface area contributed by atoms with Crippen LogP contribution in [0.2, 0.25) is 0 Å². The second-order valence-electron chi connectivity index (χ2n) is 4.20. The molecule has 1 aliphatic heterocycles. The van der Waals surface area contributed by atoms with E-state index >= 15 is 0 Å². The molecule has 2 rings (SSSR count). The van der Waals surface area contributed by atoms with Gasteiger partial charge in [-0.3, -0.25) is 9.69 Å². The Morgan fingerprint density at radius 1 is 1.25 bits per heavy atom. The molecule has 0 bridgehead atoms. The van der Waals surface area contributed by atoms with Gasteiger partial charge in [-0.1, -0.05) is 36.4 Å². The van der Waals surface area contributed by atoms with Gasteiger partial charge in [0.15, 0.2) is 0 Å². The van der Waals surface area contributed by atoms with Gasteiger partial charge in [-0.05, 0) is 18.4 Å². The maximum atomic E-state index is 10.7. The SMILES string of the molecule is O=CC1=CCCN(CCc2ccccc2)C1. The molecule has 0 unspecified atom stereocenters. The van der Waals surface area contributed by atoms with E-state index in [0.29, 0.717) is 0 Å². The summed E-state index contributed by atoms with van der Waals surface area (Å²) < 4.78 is 0. The molecule has 2 nitrogen and oxygen atoms in total. The normalized spacial score (nSPS) is 16.9. The van der Waals surface area contributed by atoms with Crippen LogP contribution in [-0.2, 0) is 11.2 Å². The van der Waals surface area contributed by atoms with E-state index in [1.54, 1.807) is 0 Å². The fourth-order valence-corrected chi connectivity index (χ4v) is 2.04. The van der Waals surface area contributed by atoms with Crippen LogP contribution in [0.4, 0.5) is 0 Å². The molecule has 0 amide bonds. The monoisotopic (exact) mass is 215 g/mol. The van der Waals surface area contributed by atoms with Gasteiger partial charge >= 0.3 is 0 Å². The van der Waals surface area contributed by atoms with Crippen LogP contribution >= 0.6 is 0 Å². The van der Waals surface area contributed by atoms with Crippen LogP contribution in [-0.4, -0.2) is 30.8 Å². The average Bonchev–Trinajstić information content (AvgIpc) is 2.38. The fourth-order valence-electron chi connectivity index (χ4n) is 2.04. The van der Waals surface area contributed by atoms with Gasteiger partial charge in [-0.25, -0.2) is 0 Å². The van der Waals surface area contributed by atoms with Gasteiger partial charge < -0.3 is 0 Å². The number of hydrogen-bond donors (Lipinski definition) is 0. The van der Waals surface area contributed by atoms with Crippen molar-refractivity contribution in [2.45, 2.75) is 12.8 Å². The minimum atomic E-state index is 0.816. The lowest BCUT2D eigenvalue weighted by atomic mass is 10.1. The molecule has 1 aromatic carbocycles. The van der Waals surface area contributed by atoms with Crippen molar-refractivity contribution in [1.82, 2.24) is 4.90 Å². The Kier molecular flexibility index (Phi) is 3.89. The van der Waals surface area contributed by atoms with Crippen LogP contribution in [0.3, 0.4) is 0 Å². The van der Waals surface area contributed by atoms with Crippen molar-refractivity contribution in [3.05, 3.63) is 47.5 Å². The highest BCUT2D eigenvalue weighted by atomic mass is 16.1. The van der Waals surface area contributed by atoms with E-state index in [2.05, 4.69) is 29.2 Å². The number of benzene rings is 1. The van der Waals surface area contributed by atoms with Crippen molar-refractivity contribution >= 4 is 6.29 Å². The van der Waals surface area contributed by atoms with E-state index in [-0.39, 0.29) is 0 Å². The maximum Gasteiger partial charge on any atom is 0.147 e. The zero-order valence-electron chi connectivity index (χ0n) is 9.43. The molecule has 1 aromatic rings. The summed E-state index contributed by atoms with van der Waals surface area (Å²) in [6, 6.07) is 10.5. The molecule has 0 N–H and O–H groups in total. The van der Waals surface area contributed by atoms with Gasteiger partial charge in [0.05, 0.1) is 0 Å². The number of rotatable bonds is 4. The van der Waals surface area contributed by atoms with Crippen molar-refractivity contribution < 1.29 is 4.79 Å². The summed E-state index contributed by atoms with van der Waals surface area (Å²) in [4.78, 5) is 13.0. The summed E-state index contributed by atoms with van der Waals surface area (Å²) in [5.41, 5.74) is 2.30. The molecule has 0 atom stereocenters. The highest BCUT2D eigenvalue weighted by Gasteiger charge is 2.11. The maximum absolute atomic E-state index is 10.7. The first-order valence-corrected chi connectivity index (χ1v) is 5.79. The van der Waals surface area contributed by atoms with Gasteiger partial charge in [0, 0.05) is 25.2 Å². The van der Waals surface area contributed by atoms with Crippen LogP contribution in [0.15, 0.2) is 42.0 Å². The summed E-state index contributed by atoms with van der Waals surface area (Å²) >= 11 is 0. The smallest absolute Gasteiger partial charge is 0.147 e. The molecule has 16 heavy (non-hydrogen) atoms. The lowest BCUT2D eigenvalue weighted by Crippen LogP contribution is -2.32. The van der Waals surface area contributed by atoms with E-state index < -0.39 is 0 Å². The second-order valence-corrected chi connectivity index (χ2v) is 4.20. The minimum Gasteiger partial charge on any atom is -0.298 e. The van der Waals surface area contributed by atoms with Gasteiger partial charge in [-0.15, -0.1) is 0 Å². The third-order valence-electron chi connectivity index (χ3n) is 2.97. The molecule has 0 aromatic heterocycles. The summed E-state index contributed by atoms with van der Waals surface area (Å²) in [6.45, 7) is 2.93. The quantitative estimate of drug-likeness (QED) is 0.717. The molecule has 1 heterocycles. The summed E-state index contributed by atoms with van der Waals surface area (Å²) in [7, 11) is 0. The van der Waals surface area contributed by atoms with Crippen molar-refractivity contribution in [1.29, 1.82) is 0 Å². The lowest BCUT2D eigenvalue weighted by molar-refractivity contribution is -0.105. The van der Waals surface area contributed by atoms with Crippen molar-refractivity contribution in [2.75, 3.05) is 19.6 Å². The molecule has 0 radical (unpaired) electrons. The van der Waals surface area contributed by atoms with Gasteiger partial charge in [0.1, 0.15) is 6.29 Å². The molecule has 0 saturated heterocycles. The standard InChI is InChI=1S/C14H17NO/c16-12-14-7-4-9-15(11-14)10-8-13-5-2-1-3-6-13/h1-3,5-7,12H,4,8-11H2. The predicted molar refractivity (Wildman–Crippen MR) is 65.4 cm³/mol. The first-order chi connectivity index (χ1) is 7.88. The zero-order valence-corrected chi connectivity index (χ0v) is 9.43. The number of nitrogens with zero attached hydrogens (tertiary/aromatic N) is 1. The first-order valence-electron chi connectivity index (χ1n) is 5.79. The number of carbonyl (C=O) groups is 1. The summed E-state index contributed by atoms with van der Waals surface area (Å²) in [5, 5.41) is 0. The van der Waals surface area contributed by atoms with Crippen molar-refractivity contribution in [2.24, 2.45) is 0 Å². The van der Waals surface area contributed by atoms with Crippen LogP contribution in [0.5, 0.6) is 0 Å². The van der Waals surface area contributed by atoms with E-state index in [0.717, 1.165) is 44.3 Å². The second kappa shape index (κ2) is 5.61. The van der Waals surface area contributed by atoms with Gasteiger partial charge in [0.2, 0.25) is 0 Å². The predicted octanol–water partition coefficient (Wildman–Crippen LogP) is 2.06. The molecule has 1 aliphatic rings. The third kappa shape index (κ3) is 3.04. The van der Waals surface area contributed by atoms with Crippen molar-refractivity contribution in [3.63, 3.8) is 0 Å². The largest absolute Gasteiger partial charge is 0.298 e. The zero-order chi connectivity index (χ0) is 11.2. The molecule has 0 saturated carbocycles. The van der Waals surface area contributed by atoms with Crippen molar-refractivity contribution in [3.8, 4) is 0 Å². The minimum absolute atomic E-state index is 0.816. The highest BCUT2D eigenvalue weighted by Crippen LogP contribution is 2.09. The Bertz CT molecular complexity index is 370.